The van der Waals surface area contributed by atoms with Gasteiger partial charge in [0.2, 0.25) is 10.0 Å². The summed E-state index contributed by atoms with van der Waals surface area (Å²) >= 11 is 0. The molecule has 0 aliphatic carbocycles. The van der Waals surface area contributed by atoms with Gasteiger partial charge in [-0.25, -0.2) is 16.8 Å². The Hall–Kier alpha value is -0.920. The van der Waals surface area contributed by atoms with Crippen LogP contribution in [0.1, 0.15) is 12.5 Å². The molecule has 1 aromatic carbocycles. The number of nitrogens with zero attached hydrogens (tertiary/aromatic N) is 1. The van der Waals surface area contributed by atoms with Gasteiger partial charge in [0.1, 0.15) is 0 Å². The first kappa shape index (κ1) is 14.5. The summed E-state index contributed by atoms with van der Waals surface area (Å²) in [6, 6.07) is 6.57. The molecule has 0 bridgehead atoms. The first-order valence-corrected chi connectivity index (χ1v) is 9.17. The summed E-state index contributed by atoms with van der Waals surface area (Å²) < 4.78 is 49.3. The molecule has 1 saturated heterocycles. The molecule has 1 aliphatic rings. The van der Waals surface area contributed by atoms with Crippen LogP contribution in [0.25, 0.3) is 0 Å². The van der Waals surface area contributed by atoms with Gasteiger partial charge in [-0.3, -0.25) is 0 Å². The summed E-state index contributed by atoms with van der Waals surface area (Å²) in [5.74, 6) is -0.112. The quantitative estimate of drug-likeness (QED) is 0.810. The first-order valence-electron chi connectivity index (χ1n) is 6.02. The lowest BCUT2D eigenvalue weighted by molar-refractivity contribution is 0.407. The molecule has 1 aromatic rings. The van der Waals surface area contributed by atoms with Gasteiger partial charge in [0.05, 0.1) is 15.9 Å². The lowest BCUT2D eigenvalue weighted by Crippen LogP contribution is -2.47. The van der Waals surface area contributed by atoms with Crippen LogP contribution in [0.2, 0.25) is 0 Å². The lowest BCUT2D eigenvalue weighted by Gasteiger charge is -2.30. The highest BCUT2D eigenvalue weighted by Crippen LogP contribution is 2.21. The van der Waals surface area contributed by atoms with E-state index in [0.717, 1.165) is 5.56 Å². The number of aryl methyl sites for hydroxylation is 1. The fourth-order valence-corrected chi connectivity index (χ4v) is 5.02. The van der Waals surface area contributed by atoms with E-state index in [2.05, 4.69) is 0 Å². The van der Waals surface area contributed by atoms with Crippen molar-refractivity contribution in [2.24, 2.45) is 0 Å². The lowest BCUT2D eigenvalue weighted by atomic mass is 10.2. The van der Waals surface area contributed by atoms with Crippen LogP contribution < -0.4 is 0 Å². The zero-order valence-electron chi connectivity index (χ0n) is 10.9. The van der Waals surface area contributed by atoms with E-state index in [4.69, 9.17) is 0 Å². The fraction of sp³-hybridized carbons (Fsp3) is 0.500. The summed E-state index contributed by atoms with van der Waals surface area (Å²) in [6.45, 7) is 3.49. The third-order valence-corrected chi connectivity index (χ3v) is 7.36. The number of hydrogen-bond donors (Lipinski definition) is 0. The molecule has 7 heteroatoms. The Morgan fingerprint density at radius 1 is 1.21 bits per heavy atom. The zero-order valence-corrected chi connectivity index (χ0v) is 12.5. The minimum absolute atomic E-state index is 0.0263. The number of rotatable bonds is 2. The Morgan fingerprint density at radius 3 is 2.32 bits per heavy atom. The van der Waals surface area contributed by atoms with Crippen molar-refractivity contribution in [2.75, 3.05) is 18.8 Å². The van der Waals surface area contributed by atoms with E-state index < -0.39 is 25.1 Å². The largest absolute Gasteiger partial charge is 0.243 e. The van der Waals surface area contributed by atoms with Crippen molar-refractivity contribution in [3.8, 4) is 0 Å². The Balaban J connectivity index is 2.29. The van der Waals surface area contributed by atoms with E-state index in [0.29, 0.717) is 0 Å². The smallest absolute Gasteiger partial charge is 0.228 e. The van der Waals surface area contributed by atoms with Crippen molar-refractivity contribution in [3.63, 3.8) is 0 Å². The zero-order chi connectivity index (χ0) is 14.3. The maximum absolute atomic E-state index is 12.4. The maximum atomic E-state index is 12.4. The van der Waals surface area contributed by atoms with Gasteiger partial charge in [-0.2, -0.15) is 4.31 Å². The maximum Gasteiger partial charge on any atom is 0.243 e. The Bertz CT molecular complexity index is 662. The monoisotopic (exact) mass is 303 g/mol. The van der Waals surface area contributed by atoms with Gasteiger partial charge in [-0.1, -0.05) is 17.7 Å². The number of benzene rings is 1. The number of sulfonamides is 1. The van der Waals surface area contributed by atoms with Crippen molar-refractivity contribution in [1.82, 2.24) is 4.31 Å². The molecule has 0 saturated carbocycles. The molecule has 106 valence electrons. The predicted octanol–water partition coefficient (Wildman–Crippen LogP) is 0.803. The highest BCUT2D eigenvalue weighted by molar-refractivity contribution is 7.92. The highest BCUT2D eigenvalue weighted by Gasteiger charge is 2.35. The van der Waals surface area contributed by atoms with Crippen LogP contribution in [-0.4, -0.2) is 45.2 Å². The highest BCUT2D eigenvalue weighted by atomic mass is 32.2. The van der Waals surface area contributed by atoms with Gasteiger partial charge in [0.15, 0.2) is 9.84 Å². The fourth-order valence-electron chi connectivity index (χ4n) is 2.00. The van der Waals surface area contributed by atoms with Crippen molar-refractivity contribution < 1.29 is 16.8 Å². The Kier molecular flexibility index (Phi) is 3.72. The second kappa shape index (κ2) is 4.88. The second-order valence-electron chi connectivity index (χ2n) is 4.85. The van der Waals surface area contributed by atoms with Crippen molar-refractivity contribution >= 4 is 19.9 Å². The molecule has 0 radical (unpaired) electrons. The molecule has 19 heavy (non-hydrogen) atoms. The van der Waals surface area contributed by atoms with E-state index in [1.165, 1.54) is 4.31 Å². The van der Waals surface area contributed by atoms with Crippen molar-refractivity contribution in [3.05, 3.63) is 29.8 Å². The molecule has 1 fully saturated rings. The normalized spacial score (nSPS) is 24.2. The van der Waals surface area contributed by atoms with E-state index in [1.54, 1.807) is 31.2 Å². The predicted molar refractivity (Wildman–Crippen MR) is 73.2 cm³/mol. The van der Waals surface area contributed by atoms with Crippen LogP contribution in [0.4, 0.5) is 0 Å². The summed E-state index contributed by atoms with van der Waals surface area (Å²) in [5, 5.41) is -0.651. The summed E-state index contributed by atoms with van der Waals surface area (Å²) in [6.07, 6.45) is 0. The third kappa shape index (κ3) is 2.82. The number of sulfone groups is 1. The van der Waals surface area contributed by atoms with E-state index in [1.807, 2.05) is 6.92 Å². The van der Waals surface area contributed by atoms with E-state index >= 15 is 0 Å². The van der Waals surface area contributed by atoms with Gasteiger partial charge in [0, 0.05) is 13.1 Å². The minimum atomic E-state index is -3.59. The molecule has 1 aliphatic heterocycles. The average molecular weight is 303 g/mol. The van der Waals surface area contributed by atoms with Crippen LogP contribution >= 0.6 is 0 Å². The van der Waals surface area contributed by atoms with Gasteiger partial charge in [0.25, 0.3) is 0 Å². The minimum Gasteiger partial charge on any atom is -0.228 e. The van der Waals surface area contributed by atoms with E-state index in [9.17, 15) is 16.8 Å². The molecule has 1 unspecified atom stereocenters. The second-order valence-corrected chi connectivity index (χ2v) is 9.33. The Labute approximate surface area is 114 Å². The van der Waals surface area contributed by atoms with Crippen LogP contribution in [0.5, 0.6) is 0 Å². The van der Waals surface area contributed by atoms with Crippen LogP contribution in [-0.2, 0) is 19.9 Å². The standard InChI is InChI=1S/C12H17NO4S2/c1-10-3-5-12(6-4-10)19(16,17)13-7-8-18(14,15)11(2)9-13/h3-6,11H,7-9H2,1-2H3. The topological polar surface area (TPSA) is 71.5 Å². The first-order chi connectivity index (χ1) is 8.73. The molecule has 0 aromatic heterocycles. The van der Waals surface area contributed by atoms with Crippen LogP contribution in [0, 0.1) is 6.92 Å². The summed E-state index contributed by atoms with van der Waals surface area (Å²) in [4.78, 5) is 0.213. The molecule has 1 atom stereocenters. The number of hydrogen-bond acceptors (Lipinski definition) is 4. The van der Waals surface area contributed by atoms with Crippen molar-refractivity contribution in [1.29, 1.82) is 0 Å². The molecule has 5 nitrogen and oxygen atoms in total. The molecule has 0 amide bonds. The molecular formula is C12H17NO4S2. The molecule has 2 rings (SSSR count). The molecule has 1 heterocycles. The van der Waals surface area contributed by atoms with Crippen LogP contribution in [0.15, 0.2) is 29.2 Å². The van der Waals surface area contributed by atoms with Crippen LogP contribution in [0.3, 0.4) is 0 Å². The average Bonchev–Trinajstić information content (AvgIpc) is 2.33. The van der Waals surface area contributed by atoms with E-state index in [-0.39, 0.29) is 23.7 Å². The SMILES string of the molecule is Cc1ccc(S(=O)(=O)N2CCS(=O)(=O)C(C)C2)cc1. The summed E-state index contributed by atoms with van der Waals surface area (Å²) in [5.41, 5.74) is 0.980. The van der Waals surface area contributed by atoms with Gasteiger partial charge < -0.3 is 0 Å². The van der Waals surface area contributed by atoms with Gasteiger partial charge >= 0.3 is 0 Å². The third-order valence-electron chi connectivity index (χ3n) is 3.36. The van der Waals surface area contributed by atoms with Gasteiger partial charge in [-0.05, 0) is 26.0 Å². The molecule has 0 N–H and O–H groups in total. The van der Waals surface area contributed by atoms with Crippen molar-refractivity contribution in [2.45, 2.75) is 24.0 Å². The molecular weight excluding hydrogens is 286 g/mol. The summed E-state index contributed by atoms with van der Waals surface area (Å²) in [7, 11) is -6.74. The Morgan fingerprint density at radius 2 is 1.79 bits per heavy atom. The molecule has 0 spiro atoms. The van der Waals surface area contributed by atoms with Gasteiger partial charge in [-0.15, -0.1) is 0 Å².